The molecule has 0 radical (unpaired) electrons. The van der Waals surface area contributed by atoms with E-state index in [0.29, 0.717) is 11.6 Å². The van der Waals surface area contributed by atoms with Crippen LogP contribution in [0.1, 0.15) is 49.5 Å². The van der Waals surface area contributed by atoms with Gasteiger partial charge in [0.2, 0.25) is 0 Å². The van der Waals surface area contributed by atoms with Crippen LogP contribution in [-0.2, 0) is 0 Å². The zero-order chi connectivity index (χ0) is 22.5. The lowest BCUT2D eigenvalue weighted by Gasteiger charge is -2.17. The van der Waals surface area contributed by atoms with Crippen LogP contribution in [0.2, 0.25) is 0 Å². The molecule has 6 nitrogen and oxygen atoms in total. The molecule has 3 heterocycles. The number of thioether (sulfide) groups is 1. The third kappa shape index (κ3) is 4.43. The Morgan fingerprint density at radius 1 is 1.12 bits per heavy atom. The van der Waals surface area contributed by atoms with Crippen molar-refractivity contribution in [2.24, 2.45) is 0 Å². The molecule has 1 amide bonds. The number of fused-ring (bicyclic) bond motifs is 1. The minimum atomic E-state index is -0.00887. The highest BCUT2D eigenvalue weighted by Crippen LogP contribution is 2.32. The smallest absolute Gasteiger partial charge is 0.251 e. The molecule has 1 fully saturated rings. The van der Waals surface area contributed by atoms with Crippen molar-refractivity contribution >= 4 is 23.3 Å². The molecule has 0 spiro atoms. The van der Waals surface area contributed by atoms with Crippen molar-refractivity contribution in [2.45, 2.75) is 56.2 Å². The number of carbonyl (C=O) groups is 1. The molecule has 32 heavy (non-hydrogen) atoms. The first-order chi connectivity index (χ1) is 15.2. The summed E-state index contributed by atoms with van der Waals surface area (Å²) in [4.78, 5) is 18.4. The fraction of sp³-hybridized carbons (Fsp3) is 0.320. The molecular weight excluding hydrogens is 418 g/mol. The summed E-state index contributed by atoms with van der Waals surface area (Å²) in [5.41, 5.74) is 4.63. The van der Waals surface area contributed by atoms with Crippen LogP contribution in [-0.4, -0.2) is 35.9 Å². The minimum absolute atomic E-state index is 0.00887. The number of hydrogen-bond donors (Lipinski definition) is 1. The van der Waals surface area contributed by atoms with E-state index < -0.39 is 0 Å². The number of aromatic nitrogens is 4. The molecular formula is C25H27N5OS. The highest BCUT2D eigenvalue weighted by molar-refractivity contribution is 8.00. The molecule has 1 aliphatic carbocycles. The largest absolute Gasteiger partial charge is 0.349 e. The maximum Gasteiger partial charge on any atom is 0.251 e. The van der Waals surface area contributed by atoms with Gasteiger partial charge in [-0.05, 0) is 55.2 Å². The number of carbonyl (C=O) groups excluding carboxylic acids is 1. The van der Waals surface area contributed by atoms with Gasteiger partial charge in [-0.25, -0.2) is 9.67 Å². The van der Waals surface area contributed by atoms with Gasteiger partial charge in [0.05, 0.1) is 12.4 Å². The van der Waals surface area contributed by atoms with Crippen molar-refractivity contribution < 1.29 is 4.79 Å². The molecule has 3 aromatic heterocycles. The number of nitrogens with zero attached hydrogens (tertiary/aromatic N) is 4. The number of rotatable bonds is 5. The lowest BCUT2D eigenvalue weighted by molar-refractivity contribution is 0.0951. The Bertz CT molecular complexity index is 1310. The Morgan fingerprint density at radius 3 is 2.69 bits per heavy atom. The van der Waals surface area contributed by atoms with Gasteiger partial charge in [0, 0.05) is 39.2 Å². The molecule has 1 aromatic carbocycles. The van der Waals surface area contributed by atoms with E-state index in [0.717, 1.165) is 41.0 Å². The fourth-order valence-corrected chi connectivity index (χ4v) is 4.65. The van der Waals surface area contributed by atoms with Gasteiger partial charge in [-0.3, -0.25) is 4.79 Å². The summed E-state index contributed by atoms with van der Waals surface area (Å²) in [6.07, 6.45) is 10.1. The Balaban J connectivity index is 1.43. The number of hydrogen-bond acceptors (Lipinski definition) is 4. The van der Waals surface area contributed by atoms with E-state index in [-0.39, 0.29) is 10.7 Å². The molecule has 0 atom stereocenters. The van der Waals surface area contributed by atoms with E-state index >= 15 is 0 Å². The summed E-state index contributed by atoms with van der Waals surface area (Å²) < 4.78 is 3.98. The van der Waals surface area contributed by atoms with Crippen molar-refractivity contribution in [3.8, 4) is 16.9 Å². The van der Waals surface area contributed by atoms with Crippen molar-refractivity contribution in [3.63, 3.8) is 0 Å². The maximum atomic E-state index is 12.5. The molecule has 164 valence electrons. The van der Waals surface area contributed by atoms with Gasteiger partial charge in [0.25, 0.3) is 5.91 Å². The number of amides is 1. The third-order valence-electron chi connectivity index (χ3n) is 5.38. The predicted octanol–water partition coefficient (Wildman–Crippen LogP) is 5.28. The molecule has 4 aromatic rings. The van der Waals surface area contributed by atoms with Gasteiger partial charge in [0.15, 0.2) is 5.82 Å². The van der Waals surface area contributed by atoms with Crippen LogP contribution in [0, 0.1) is 6.92 Å². The van der Waals surface area contributed by atoms with Crippen molar-refractivity contribution in [2.75, 3.05) is 0 Å². The second kappa shape index (κ2) is 7.81. The summed E-state index contributed by atoms with van der Waals surface area (Å²) >= 11 is 1.83. The average molecular weight is 446 g/mol. The first-order valence-corrected chi connectivity index (χ1v) is 11.7. The zero-order valence-electron chi connectivity index (χ0n) is 18.8. The molecule has 0 unspecified atom stereocenters. The van der Waals surface area contributed by atoms with Crippen molar-refractivity contribution in [3.05, 3.63) is 66.2 Å². The number of benzene rings is 1. The van der Waals surface area contributed by atoms with Crippen LogP contribution >= 0.6 is 11.8 Å². The Morgan fingerprint density at radius 2 is 1.94 bits per heavy atom. The number of pyridine rings is 1. The van der Waals surface area contributed by atoms with Crippen LogP contribution in [0.15, 0.2) is 60.0 Å². The van der Waals surface area contributed by atoms with Gasteiger partial charge in [0.1, 0.15) is 5.65 Å². The summed E-state index contributed by atoms with van der Waals surface area (Å²) in [6.45, 7) is 8.67. The summed E-state index contributed by atoms with van der Waals surface area (Å²) in [5, 5.41) is 7.61. The van der Waals surface area contributed by atoms with E-state index in [2.05, 4.69) is 50.4 Å². The molecule has 7 heteroatoms. The molecule has 0 saturated heterocycles. The quantitative estimate of drug-likeness (QED) is 0.425. The Kier molecular flexibility index (Phi) is 5.08. The first kappa shape index (κ1) is 20.8. The van der Waals surface area contributed by atoms with Gasteiger partial charge in [-0.2, -0.15) is 5.10 Å². The van der Waals surface area contributed by atoms with E-state index in [4.69, 9.17) is 4.98 Å². The second-order valence-corrected chi connectivity index (χ2v) is 11.3. The zero-order valence-corrected chi connectivity index (χ0v) is 19.6. The highest BCUT2D eigenvalue weighted by atomic mass is 32.2. The topological polar surface area (TPSA) is 64.2 Å². The van der Waals surface area contributed by atoms with Crippen molar-refractivity contribution in [1.29, 1.82) is 0 Å². The van der Waals surface area contributed by atoms with Crippen LogP contribution in [0.5, 0.6) is 0 Å². The molecule has 1 aliphatic rings. The molecule has 5 rings (SSSR count). The SMILES string of the molecule is Cc1ccc(C(=O)NC2CC2)cc1-c1cnn(-c2cn3cc(SC(C)(C)C)ccc3n2)c1. The van der Waals surface area contributed by atoms with Crippen molar-refractivity contribution in [1.82, 2.24) is 24.5 Å². The van der Waals surface area contributed by atoms with E-state index in [1.165, 1.54) is 4.90 Å². The van der Waals surface area contributed by atoms with Crippen LogP contribution < -0.4 is 5.32 Å². The van der Waals surface area contributed by atoms with E-state index in [9.17, 15) is 4.79 Å². The Labute approximate surface area is 192 Å². The summed E-state index contributed by atoms with van der Waals surface area (Å²) in [5.74, 6) is 0.750. The van der Waals surface area contributed by atoms with E-state index in [1.807, 2.05) is 59.0 Å². The molecule has 0 bridgehead atoms. The lowest BCUT2D eigenvalue weighted by Crippen LogP contribution is -2.25. The normalized spacial score (nSPS) is 14.1. The third-order valence-corrected chi connectivity index (χ3v) is 6.47. The fourth-order valence-electron chi connectivity index (χ4n) is 3.64. The second-order valence-electron chi connectivity index (χ2n) is 9.39. The van der Waals surface area contributed by atoms with Gasteiger partial charge >= 0.3 is 0 Å². The standard InChI is InChI=1S/C25H27N5OS/c1-16-5-6-17(24(31)27-19-7-8-19)11-21(16)18-12-26-30(13-18)23-15-29-14-20(32-25(2,3)4)9-10-22(29)28-23/h5-6,9-15,19H,7-8H2,1-4H3,(H,27,31). The molecule has 0 aliphatic heterocycles. The van der Waals surface area contributed by atoms with Gasteiger partial charge < -0.3 is 9.72 Å². The average Bonchev–Trinajstić information content (AvgIpc) is 3.24. The van der Waals surface area contributed by atoms with Gasteiger partial charge in [-0.1, -0.05) is 26.8 Å². The summed E-state index contributed by atoms with van der Waals surface area (Å²) in [7, 11) is 0. The van der Waals surface area contributed by atoms with Crippen LogP contribution in [0.25, 0.3) is 22.6 Å². The maximum absolute atomic E-state index is 12.5. The minimum Gasteiger partial charge on any atom is -0.349 e. The number of aryl methyl sites for hydroxylation is 1. The summed E-state index contributed by atoms with van der Waals surface area (Å²) in [6, 6.07) is 10.3. The Hall–Kier alpha value is -3.06. The molecule has 1 saturated carbocycles. The number of nitrogens with one attached hydrogen (secondary N) is 1. The van der Waals surface area contributed by atoms with Crippen LogP contribution in [0.3, 0.4) is 0 Å². The lowest BCUT2D eigenvalue weighted by atomic mass is 10.0. The van der Waals surface area contributed by atoms with E-state index in [1.54, 1.807) is 4.68 Å². The predicted molar refractivity (Wildman–Crippen MR) is 129 cm³/mol. The first-order valence-electron chi connectivity index (χ1n) is 10.9. The van der Waals surface area contributed by atoms with Gasteiger partial charge in [-0.15, -0.1) is 11.8 Å². The number of imidazole rings is 1. The van der Waals surface area contributed by atoms with Crippen LogP contribution in [0.4, 0.5) is 0 Å². The molecule has 1 N–H and O–H groups in total. The highest BCUT2D eigenvalue weighted by Gasteiger charge is 2.24. The monoisotopic (exact) mass is 445 g/mol.